The van der Waals surface area contributed by atoms with Gasteiger partial charge in [-0.1, -0.05) is 53.9 Å². The zero-order valence-electron chi connectivity index (χ0n) is 13.6. The van der Waals surface area contributed by atoms with Crippen molar-refractivity contribution < 1.29 is 0 Å². The summed E-state index contributed by atoms with van der Waals surface area (Å²) in [6, 6.07) is 1.34. The number of hydrogen-bond donors (Lipinski definition) is 1. The second kappa shape index (κ2) is 10.8. The van der Waals surface area contributed by atoms with Crippen LogP contribution in [0.3, 0.4) is 0 Å². The van der Waals surface area contributed by atoms with Crippen LogP contribution in [0, 0.1) is 5.92 Å². The third kappa shape index (κ3) is 5.71. The van der Waals surface area contributed by atoms with E-state index < -0.39 is 0 Å². The number of likely N-dealkylation sites (N-methyl/N-ethyl adjacent to an activating group) is 2. The Labute approximate surface area is 116 Å². The van der Waals surface area contributed by atoms with Gasteiger partial charge in [0.25, 0.3) is 0 Å². The Morgan fingerprint density at radius 1 is 0.944 bits per heavy atom. The lowest BCUT2D eigenvalue weighted by molar-refractivity contribution is 0.131. The van der Waals surface area contributed by atoms with E-state index in [4.69, 9.17) is 0 Å². The molecule has 0 heterocycles. The van der Waals surface area contributed by atoms with Gasteiger partial charge in [0.05, 0.1) is 0 Å². The van der Waals surface area contributed by atoms with Gasteiger partial charge < -0.3 is 5.32 Å². The van der Waals surface area contributed by atoms with Crippen molar-refractivity contribution in [1.82, 2.24) is 10.2 Å². The van der Waals surface area contributed by atoms with E-state index in [1.807, 2.05) is 0 Å². The molecule has 18 heavy (non-hydrogen) atoms. The van der Waals surface area contributed by atoms with Crippen molar-refractivity contribution in [2.24, 2.45) is 5.92 Å². The molecule has 2 heteroatoms. The van der Waals surface area contributed by atoms with Crippen LogP contribution in [-0.2, 0) is 0 Å². The molecule has 0 aromatic carbocycles. The highest BCUT2D eigenvalue weighted by molar-refractivity contribution is 4.83. The SMILES string of the molecule is CCCC(NC)C(CC)N(CC)CC(CC)CC. The quantitative estimate of drug-likeness (QED) is 0.603. The zero-order valence-corrected chi connectivity index (χ0v) is 13.6. The summed E-state index contributed by atoms with van der Waals surface area (Å²) < 4.78 is 0. The summed E-state index contributed by atoms with van der Waals surface area (Å²) >= 11 is 0. The number of nitrogens with one attached hydrogen (secondary N) is 1. The molecule has 0 rings (SSSR count). The maximum atomic E-state index is 3.54. The molecule has 0 aromatic heterocycles. The fourth-order valence-corrected chi connectivity index (χ4v) is 3.01. The van der Waals surface area contributed by atoms with Gasteiger partial charge in [0.1, 0.15) is 0 Å². The molecule has 1 N–H and O–H groups in total. The van der Waals surface area contributed by atoms with E-state index in [0.717, 1.165) is 5.92 Å². The number of nitrogens with zero attached hydrogens (tertiary/aromatic N) is 1. The van der Waals surface area contributed by atoms with Gasteiger partial charge in [-0.2, -0.15) is 0 Å². The molecule has 0 saturated carbocycles. The lowest BCUT2D eigenvalue weighted by Crippen LogP contribution is -2.50. The van der Waals surface area contributed by atoms with Gasteiger partial charge in [0.2, 0.25) is 0 Å². The zero-order chi connectivity index (χ0) is 14.0. The largest absolute Gasteiger partial charge is 0.315 e. The van der Waals surface area contributed by atoms with Crippen molar-refractivity contribution >= 4 is 0 Å². The minimum Gasteiger partial charge on any atom is -0.315 e. The molecule has 0 aliphatic rings. The highest BCUT2D eigenvalue weighted by Gasteiger charge is 2.24. The molecule has 2 atom stereocenters. The van der Waals surface area contributed by atoms with Crippen LogP contribution in [0.15, 0.2) is 0 Å². The van der Waals surface area contributed by atoms with Crippen LogP contribution in [-0.4, -0.2) is 37.1 Å². The van der Waals surface area contributed by atoms with Gasteiger partial charge in [0.15, 0.2) is 0 Å². The van der Waals surface area contributed by atoms with Gasteiger partial charge in [-0.15, -0.1) is 0 Å². The fourth-order valence-electron chi connectivity index (χ4n) is 3.01. The topological polar surface area (TPSA) is 15.3 Å². The Morgan fingerprint density at radius 2 is 1.56 bits per heavy atom. The standard InChI is InChI=1S/C16H36N2/c1-7-12-15(17-6)16(10-4)18(11-5)13-14(8-2)9-3/h14-17H,7-13H2,1-6H3. The Balaban J connectivity index is 4.62. The van der Waals surface area contributed by atoms with Gasteiger partial charge in [0, 0.05) is 18.6 Å². The van der Waals surface area contributed by atoms with E-state index in [0.29, 0.717) is 12.1 Å². The molecule has 0 amide bonds. The molecule has 0 aliphatic carbocycles. The van der Waals surface area contributed by atoms with Crippen LogP contribution in [0.2, 0.25) is 0 Å². The highest BCUT2D eigenvalue weighted by Crippen LogP contribution is 2.18. The van der Waals surface area contributed by atoms with Crippen LogP contribution < -0.4 is 5.32 Å². The van der Waals surface area contributed by atoms with Gasteiger partial charge in [-0.3, -0.25) is 4.90 Å². The summed E-state index contributed by atoms with van der Waals surface area (Å²) in [5, 5.41) is 3.54. The average molecular weight is 256 g/mol. The van der Waals surface area contributed by atoms with Crippen LogP contribution in [0.4, 0.5) is 0 Å². The Kier molecular flexibility index (Phi) is 10.8. The first kappa shape index (κ1) is 17.9. The van der Waals surface area contributed by atoms with E-state index in [-0.39, 0.29) is 0 Å². The molecule has 0 spiro atoms. The Bertz CT molecular complexity index is 178. The fraction of sp³-hybridized carbons (Fsp3) is 1.00. The highest BCUT2D eigenvalue weighted by atomic mass is 15.2. The van der Waals surface area contributed by atoms with E-state index in [2.05, 4.69) is 51.9 Å². The summed E-state index contributed by atoms with van der Waals surface area (Å²) in [7, 11) is 2.12. The third-order valence-electron chi connectivity index (χ3n) is 4.38. The first-order valence-corrected chi connectivity index (χ1v) is 8.09. The number of hydrogen-bond acceptors (Lipinski definition) is 2. The summed E-state index contributed by atoms with van der Waals surface area (Å²) in [5.74, 6) is 0.859. The minimum atomic E-state index is 0.648. The first-order valence-electron chi connectivity index (χ1n) is 8.09. The predicted octanol–water partition coefficient (Wildman–Crippen LogP) is 3.91. The minimum absolute atomic E-state index is 0.648. The smallest absolute Gasteiger partial charge is 0.0246 e. The maximum absolute atomic E-state index is 3.54. The normalized spacial score (nSPS) is 15.3. The van der Waals surface area contributed by atoms with Crippen molar-refractivity contribution in [3.8, 4) is 0 Å². The predicted molar refractivity (Wildman–Crippen MR) is 83.2 cm³/mol. The van der Waals surface area contributed by atoms with Crippen molar-refractivity contribution in [1.29, 1.82) is 0 Å². The van der Waals surface area contributed by atoms with Crippen molar-refractivity contribution in [2.45, 2.75) is 78.8 Å². The molecule has 0 radical (unpaired) electrons. The van der Waals surface area contributed by atoms with Crippen LogP contribution in [0.1, 0.15) is 66.7 Å². The second-order valence-electron chi connectivity index (χ2n) is 5.43. The van der Waals surface area contributed by atoms with Crippen molar-refractivity contribution in [3.63, 3.8) is 0 Å². The van der Waals surface area contributed by atoms with Crippen molar-refractivity contribution in [2.75, 3.05) is 20.1 Å². The van der Waals surface area contributed by atoms with Crippen LogP contribution >= 0.6 is 0 Å². The monoisotopic (exact) mass is 256 g/mol. The molecular formula is C16H36N2. The van der Waals surface area contributed by atoms with Crippen LogP contribution in [0.25, 0.3) is 0 Å². The average Bonchev–Trinajstić information content (AvgIpc) is 2.41. The Morgan fingerprint density at radius 3 is 1.89 bits per heavy atom. The van der Waals surface area contributed by atoms with Gasteiger partial charge in [-0.25, -0.2) is 0 Å². The second-order valence-corrected chi connectivity index (χ2v) is 5.43. The molecule has 0 aromatic rings. The molecule has 0 saturated heterocycles. The van der Waals surface area contributed by atoms with Crippen molar-refractivity contribution in [3.05, 3.63) is 0 Å². The lowest BCUT2D eigenvalue weighted by atomic mass is 9.96. The molecule has 2 nitrogen and oxygen atoms in total. The molecular weight excluding hydrogens is 220 g/mol. The number of rotatable bonds is 11. The molecule has 2 unspecified atom stereocenters. The third-order valence-corrected chi connectivity index (χ3v) is 4.38. The molecule has 0 bridgehead atoms. The maximum Gasteiger partial charge on any atom is 0.0246 e. The van der Waals surface area contributed by atoms with Gasteiger partial charge in [-0.05, 0) is 32.4 Å². The Hall–Kier alpha value is -0.0800. The van der Waals surface area contributed by atoms with E-state index in [9.17, 15) is 0 Å². The summed E-state index contributed by atoms with van der Waals surface area (Å²) in [6.07, 6.45) is 6.42. The molecule has 0 fully saturated rings. The van der Waals surface area contributed by atoms with Crippen LogP contribution in [0.5, 0.6) is 0 Å². The van der Waals surface area contributed by atoms with E-state index in [1.54, 1.807) is 0 Å². The molecule has 110 valence electrons. The summed E-state index contributed by atoms with van der Waals surface area (Å²) in [6.45, 7) is 14.0. The summed E-state index contributed by atoms with van der Waals surface area (Å²) in [4.78, 5) is 2.70. The van der Waals surface area contributed by atoms with E-state index in [1.165, 1.54) is 45.2 Å². The summed E-state index contributed by atoms with van der Waals surface area (Å²) in [5.41, 5.74) is 0. The van der Waals surface area contributed by atoms with Gasteiger partial charge >= 0.3 is 0 Å². The van der Waals surface area contributed by atoms with E-state index >= 15 is 0 Å². The first-order chi connectivity index (χ1) is 8.68. The molecule has 0 aliphatic heterocycles. The lowest BCUT2D eigenvalue weighted by Gasteiger charge is -2.37.